The van der Waals surface area contributed by atoms with E-state index in [-0.39, 0.29) is 0 Å². The Hall–Kier alpha value is -0.700. The van der Waals surface area contributed by atoms with Gasteiger partial charge >= 0.3 is 0 Å². The predicted octanol–water partition coefficient (Wildman–Crippen LogP) is 5.68. The molecule has 0 aliphatic heterocycles. The molecule has 0 heterocycles. The zero-order valence-corrected chi connectivity index (χ0v) is 11.9. The Morgan fingerprint density at radius 1 is 1.00 bits per heavy atom. The van der Waals surface area contributed by atoms with Crippen molar-refractivity contribution in [3.05, 3.63) is 58.1 Å². The molecule has 0 aromatic heterocycles. The Bertz CT molecular complexity index is 529. The normalized spacial score (nSPS) is 10.3. The van der Waals surface area contributed by atoms with E-state index < -0.39 is 0 Å². The van der Waals surface area contributed by atoms with Crippen LogP contribution in [-0.4, -0.2) is 0 Å². The largest absolute Gasteiger partial charge is 0.455 e. The number of alkyl halides is 1. The van der Waals surface area contributed by atoms with Gasteiger partial charge in [0.05, 0.1) is 5.02 Å². The van der Waals surface area contributed by atoms with Crippen LogP contribution in [0.1, 0.15) is 5.56 Å². The van der Waals surface area contributed by atoms with Crippen LogP contribution >= 0.6 is 39.1 Å². The SMILES string of the molecule is Clc1ccc(Oc2ccccc2CBr)c(Cl)c1. The standard InChI is InChI=1S/C13H9BrCl2O/c14-8-9-3-1-2-4-12(9)17-13-6-5-10(15)7-11(13)16/h1-7H,8H2. The third-order valence-electron chi connectivity index (χ3n) is 2.23. The molecule has 0 spiro atoms. The first-order valence-corrected chi connectivity index (χ1v) is 6.85. The minimum absolute atomic E-state index is 0.502. The van der Waals surface area contributed by atoms with Gasteiger partial charge in [-0.3, -0.25) is 0 Å². The average Bonchev–Trinajstić information content (AvgIpc) is 2.33. The first-order chi connectivity index (χ1) is 8.20. The molecule has 0 radical (unpaired) electrons. The molecule has 0 amide bonds. The molecule has 0 aliphatic carbocycles. The lowest BCUT2D eigenvalue weighted by Gasteiger charge is -2.10. The summed E-state index contributed by atoms with van der Waals surface area (Å²) in [5, 5.41) is 1.83. The fraction of sp³-hybridized carbons (Fsp3) is 0.0769. The van der Waals surface area contributed by atoms with E-state index in [0.29, 0.717) is 15.8 Å². The minimum atomic E-state index is 0.502. The first-order valence-electron chi connectivity index (χ1n) is 4.97. The molecule has 0 unspecified atom stereocenters. The summed E-state index contributed by atoms with van der Waals surface area (Å²) in [5.74, 6) is 1.39. The molecule has 17 heavy (non-hydrogen) atoms. The van der Waals surface area contributed by atoms with Crippen LogP contribution in [0.5, 0.6) is 11.5 Å². The minimum Gasteiger partial charge on any atom is -0.455 e. The van der Waals surface area contributed by atoms with E-state index in [4.69, 9.17) is 27.9 Å². The molecule has 88 valence electrons. The Labute approximate surface area is 118 Å². The van der Waals surface area contributed by atoms with Crippen molar-refractivity contribution in [1.29, 1.82) is 0 Å². The van der Waals surface area contributed by atoms with Crippen molar-refractivity contribution in [2.24, 2.45) is 0 Å². The van der Waals surface area contributed by atoms with Crippen LogP contribution in [0.25, 0.3) is 0 Å². The quantitative estimate of drug-likeness (QED) is 0.657. The summed E-state index contributed by atoms with van der Waals surface area (Å²) in [7, 11) is 0. The van der Waals surface area contributed by atoms with Gasteiger partial charge < -0.3 is 4.74 Å². The van der Waals surface area contributed by atoms with Crippen LogP contribution in [0.15, 0.2) is 42.5 Å². The van der Waals surface area contributed by atoms with Gasteiger partial charge in [-0.25, -0.2) is 0 Å². The summed E-state index contributed by atoms with van der Waals surface area (Å²) in [6.45, 7) is 0. The number of benzene rings is 2. The second-order valence-corrected chi connectivity index (χ2v) is 4.82. The second-order valence-electron chi connectivity index (χ2n) is 3.42. The van der Waals surface area contributed by atoms with Gasteiger partial charge in [-0.2, -0.15) is 0 Å². The molecule has 2 rings (SSSR count). The van der Waals surface area contributed by atoms with Gasteiger partial charge in [0.15, 0.2) is 0 Å². The third kappa shape index (κ3) is 3.15. The van der Waals surface area contributed by atoms with E-state index in [1.165, 1.54) is 0 Å². The van der Waals surface area contributed by atoms with E-state index in [9.17, 15) is 0 Å². The highest BCUT2D eigenvalue weighted by Crippen LogP contribution is 2.33. The molecule has 0 N–H and O–H groups in total. The molecule has 0 saturated heterocycles. The predicted molar refractivity (Wildman–Crippen MR) is 75.6 cm³/mol. The Kier molecular flexibility index (Phi) is 4.32. The lowest BCUT2D eigenvalue weighted by Crippen LogP contribution is -1.89. The lowest BCUT2D eigenvalue weighted by molar-refractivity contribution is 0.479. The van der Waals surface area contributed by atoms with Crippen LogP contribution < -0.4 is 4.74 Å². The van der Waals surface area contributed by atoms with Crippen LogP contribution in [0, 0.1) is 0 Å². The van der Waals surface area contributed by atoms with Gasteiger partial charge in [-0.1, -0.05) is 57.3 Å². The number of hydrogen-bond acceptors (Lipinski definition) is 1. The third-order valence-corrected chi connectivity index (χ3v) is 3.36. The molecule has 1 nitrogen and oxygen atoms in total. The zero-order chi connectivity index (χ0) is 12.3. The molecule has 0 bridgehead atoms. The van der Waals surface area contributed by atoms with Crippen molar-refractivity contribution in [2.75, 3.05) is 0 Å². The number of halogens is 3. The second kappa shape index (κ2) is 5.76. The summed E-state index contributed by atoms with van der Waals surface area (Å²) in [6, 6.07) is 13.0. The van der Waals surface area contributed by atoms with Crippen molar-refractivity contribution in [2.45, 2.75) is 5.33 Å². The number of para-hydroxylation sites is 1. The maximum atomic E-state index is 6.05. The van der Waals surface area contributed by atoms with E-state index in [1.54, 1.807) is 18.2 Å². The average molecular weight is 332 g/mol. The van der Waals surface area contributed by atoms with E-state index in [2.05, 4.69) is 15.9 Å². The molecule has 0 fully saturated rings. The van der Waals surface area contributed by atoms with Gasteiger partial charge in [0.2, 0.25) is 0 Å². The number of rotatable bonds is 3. The zero-order valence-electron chi connectivity index (χ0n) is 8.79. The molecule has 2 aromatic carbocycles. The van der Waals surface area contributed by atoms with Crippen LogP contribution in [-0.2, 0) is 5.33 Å². The molecule has 0 atom stereocenters. The highest BCUT2D eigenvalue weighted by molar-refractivity contribution is 9.08. The molecular weight excluding hydrogens is 323 g/mol. The maximum Gasteiger partial charge on any atom is 0.146 e. The fourth-order valence-corrected chi connectivity index (χ4v) is 2.30. The lowest BCUT2D eigenvalue weighted by atomic mass is 10.2. The van der Waals surface area contributed by atoms with Gasteiger partial charge in [0.25, 0.3) is 0 Å². The van der Waals surface area contributed by atoms with Crippen molar-refractivity contribution in [3.8, 4) is 11.5 Å². The fourth-order valence-electron chi connectivity index (χ4n) is 1.39. The summed E-state index contributed by atoms with van der Waals surface area (Å²) >= 11 is 15.3. The topological polar surface area (TPSA) is 9.23 Å². The molecule has 0 saturated carbocycles. The molecule has 2 aromatic rings. The summed E-state index contributed by atoms with van der Waals surface area (Å²) < 4.78 is 5.77. The Balaban J connectivity index is 2.31. The van der Waals surface area contributed by atoms with E-state index >= 15 is 0 Å². The highest BCUT2D eigenvalue weighted by Gasteiger charge is 2.06. The van der Waals surface area contributed by atoms with Crippen molar-refractivity contribution >= 4 is 39.1 Å². The smallest absolute Gasteiger partial charge is 0.146 e. The summed E-state index contributed by atoms with van der Waals surface area (Å²) in [6.07, 6.45) is 0. The molecular formula is C13H9BrCl2O. The van der Waals surface area contributed by atoms with Crippen LogP contribution in [0.2, 0.25) is 10.0 Å². The molecule has 0 aliphatic rings. The van der Waals surface area contributed by atoms with Gasteiger partial charge in [0, 0.05) is 15.9 Å². The summed E-state index contributed by atoms with van der Waals surface area (Å²) in [4.78, 5) is 0. The van der Waals surface area contributed by atoms with Crippen molar-refractivity contribution in [3.63, 3.8) is 0 Å². The van der Waals surface area contributed by atoms with Crippen molar-refractivity contribution in [1.82, 2.24) is 0 Å². The van der Waals surface area contributed by atoms with E-state index in [1.807, 2.05) is 24.3 Å². The maximum absolute atomic E-state index is 6.05. The Morgan fingerprint density at radius 2 is 1.76 bits per heavy atom. The van der Waals surface area contributed by atoms with Gasteiger partial charge in [-0.15, -0.1) is 0 Å². The van der Waals surface area contributed by atoms with Gasteiger partial charge in [-0.05, 0) is 24.3 Å². The van der Waals surface area contributed by atoms with E-state index in [0.717, 1.165) is 16.6 Å². The Morgan fingerprint density at radius 3 is 2.47 bits per heavy atom. The number of ether oxygens (including phenoxy) is 1. The van der Waals surface area contributed by atoms with Crippen molar-refractivity contribution < 1.29 is 4.74 Å². The van der Waals surface area contributed by atoms with Crippen LogP contribution in [0.4, 0.5) is 0 Å². The van der Waals surface area contributed by atoms with Gasteiger partial charge in [0.1, 0.15) is 11.5 Å². The molecule has 4 heteroatoms. The highest BCUT2D eigenvalue weighted by atomic mass is 79.9. The summed E-state index contributed by atoms with van der Waals surface area (Å²) in [5.41, 5.74) is 1.07. The monoisotopic (exact) mass is 330 g/mol. The number of hydrogen-bond donors (Lipinski definition) is 0. The first kappa shape index (κ1) is 12.7. The van der Waals surface area contributed by atoms with Crippen LogP contribution in [0.3, 0.4) is 0 Å².